The van der Waals surface area contributed by atoms with Crippen molar-refractivity contribution in [2.75, 3.05) is 0 Å². The number of amides is 1. The molecule has 1 amide bonds. The van der Waals surface area contributed by atoms with Crippen molar-refractivity contribution in [3.63, 3.8) is 0 Å². The summed E-state index contributed by atoms with van der Waals surface area (Å²) in [6, 6.07) is 3.44. The zero-order valence-electron chi connectivity index (χ0n) is 11.2. The smallest absolute Gasteiger partial charge is 0.335 e. The number of nitro groups is 1. The number of benzene rings is 1. The van der Waals surface area contributed by atoms with E-state index >= 15 is 0 Å². The summed E-state index contributed by atoms with van der Waals surface area (Å²) in [7, 11) is 0. The molecule has 0 radical (unpaired) electrons. The maximum Gasteiger partial charge on any atom is 0.335 e. The van der Waals surface area contributed by atoms with E-state index in [0.29, 0.717) is 0 Å². The van der Waals surface area contributed by atoms with Gasteiger partial charge in [-0.05, 0) is 31.9 Å². The maximum absolute atomic E-state index is 11.8. The first-order valence-corrected chi connectivity index (χ1v) is 6.37. The quantitative estimate of drug-likeness (QED) is 0.603. The summed E-state index contributed by atoms with van der Waals surface area (Å²) in [5.41, 5.74) is -0.704. The molecule has 1 aromatic carbocycles. The summed E-state index contributed by atoms with van der Waals surface area (Å²) in [6.07, 6.45) is 0.942. The molecule has 1 atom stereocenters. The van der Waals surface area contributed by atoms with E-state index in [1.807, 2.05) is 0 Å². The first kappa shape index (κ1) is 14.8. The minimum atomic E-state index is -1.27. The molecule has 0 spiro atoms. The highest BCUT2D eigenvalue weighted by Gasteiger charge is 2.28. The molecule has 8 nitrogen and oxygen atoms in total. The summed E-state index contributed by atoms with van der Waals surface area (Å²) < 4.78 is 5.29. The topological polar surface area (TPSA) is 119 Å². The fraction of sp³-hybridized carbons (Fsp3) is 0.385. The predicted octanol–water partition coefficient (Wildman–Crippen LogP) is 1.34. The molecule has 0 bridgehead atoms. The minimum Gasteiger partial charge on any atom is -0.478 e. The van der Waals surface area contributed by atoms with Crippen molar-refractivity contribution in [1.29, 1.82) is 0 Å². The summed E-state index contributed by atoms with van der Waals surface area (Å²) >= 11 is 0. The molecule has 2 rings (SSSR count). The third-order valence-electron chi connectivity index (χ3n) is 3.00. The number of nitro benzene ring substituents is 1. The van der Waals surface area contributed by atoms with Crippen LogP contribution in [-0.4, -0.2) is 34.1 Å². The Hall–Kier alpha value is -2.64. The standard InChI is InChI=1S/C13H14N2O6/c1-7(12(16)14-9-3-4-9)21-11-5-2-8(13(17)18)6-10(11)15(19)20/h2,5-7,9H,3-4H2,1H3,(H,14,16)(H,17,18). The molecule has 1 fully saturated rings. The highest BCUT2D eigenvalue weighted by molar-refractivity contribution is 5.89. The second kappa shape index (κ2) is 5.78. The molecule has 1 aliphatic rings. The summed E-state index contributed by atoms with van der Waals surface area (Å²) in [5.74, 6) is -1.76. The molecule has 1 aliphatic carbocycles. The van der Waals surface area contributed by atoms with Gasteiger partial charge in [-0.25, -0.2) is 4.79 Å². The number of carbonyl (C=O) groups is 2. The van der Waals surface area contributed by atoms with Gasteiger partial charge in [-0.3, -0.25) is 14.9 Å². The highest BCUT2D eigenvalue weighted by Crippen LogP contribution is 2.29. The van der Waals surface area contributed by atoms with Crippen molar-refractivity contribution in [3.8, 4) is 5.75 Å². The average Bonchev–Trinajstić information content (AvgIpc) is 3.22. The molecule has 1 aromatic rings. The van der Waals surface area contributed by atoms with Crippen LogP contribution >= 0.6 is 0 Å². The lowest BCUT2D eigenvalue weighted by atomic mass is 10.2. The first-order valence-electron chi connectivity index (χ1n) is 6.37. The number of carboxylic acid groups (broad SMARTS) is 1. The van der Waals surface area contributed by atoms with Crippen LogP contribution in [0.1, 0.15) is 30.1 Å². The van der Waals surface area contributed by atoms with Crippen molar-refractivity contribution in [2.24, 2.45) is 0 Å². The zero-order valence-corrected chi connectivity index (χ0v) is 11.2. The summed E-state index contributed by atoms with van der Waals surface area (Å²) in [4.78, 5) is 32.8. The zero-order chi connectivity index (χ0) is 15.6. The Morgan fingerprint density at radius 3 is 2.67 bits per heavy atom. The number of ether oxygens (including phenoxy) is 1. The first-order chi connectivity index (χ1) is 9.88. The van der Waals surface area contributed by atoms with E-state index in [1.54, 1.807) is 0 Å². The molecule has 21 heavy (non-hydrogen) atoms. The Balaban J connectivity index is 2.15. The van der Waals surface area contributed by atoms with Gasteiger partial charge in [-0.1, -0.05) is 0 Å². The van der Waals surface area contributed by atoms with Gasteiger partial charge in [0.25, 0.3) is 5.91 Å². The number of aromatic carboxylic acids is 1. The van der Waals surface area contributed by atoms with Gasteiger partial charge in [0.1, 0.15) is 0 Å². The normalized spacial score (nSPS) is 15.1. The van der Waals surface area contributed by atoms with Gasteiger partial charge in [-0.15, -0.1) is 0 Å². The van der Waals surface area contributed by atoms with Crippen LogP contribution in [0.2, 0.25) is 0 Å². The molecule has 0 heterocycles. The molecule has 8 heteroatoms. The molecule has 1 saturated carbocycles. The number of carboxylic acids is 1. The van der Waals surface area contributed by atoms with Gasteiger partial charge >= 0.3 is 11.7 Å². The van der Waals surface area contributed by atoms with E-state index in [1.165, 1.54) is 19.1 Å². The van der Waals surface area contributed by atoms with Crippen LogP contribution in [0.15, 0.2) is 18.2 Å². The van der Waals surface area contributed by atoms with E-state index in [9.17, 15) is 19.7 Å². The Kier molecular flexibility index (Phi) is 4.06. The number of hydrogen-bond acceptors (Lipinski definition) is 5. The second-order valence-electron chi connectivity index (χ2n) is 4.79. The number of nitrogens with zero attached hydrogens (tertiary/aromatic N) is 1. The number of rotatable bonds is 6. The van der Waals surface area contributed by atoms with Gasteiger partial charge in [0, 0.05) is 12.1 Å². The van der Waals surface area contributed by atoms with E-state index < -0.39 is 22.7 Å². The van der Waals surface area contributed by atoms with E-state index in [2.05, 4.69) is 5.32 Å². The summed E-state index contributed by atoms with van der Waals surface area (Å²) in [6.45, 7) is 1.48. The van der Waals surface area contributed by atoms with E-state index in [4.69, 9.17) is 9.84 Å². The van der Waals surface area contributed by atoms with Crippen LogP contribution < -0.4 is 10.1 Å². The largest absolute Gasteiger partial charge is 0.478 e. The lowest BCUT2D eigenvalue weighted by Crippen LogP contribution is -2.37. The minimum absolute atomic E-state index is 0.136. The number of nitrogens with one attached hydrogen (secondary N) is 1. The third kappa shape index (κ3) is 3.68. The van der Waals surface area contributed by atoms with Crippen molar-refractivity contribution in [3.05, 3.63) is 33.9 Å². The van der Waals surface area contributed by atoms with Crippen molar-refractivity contribution < 1.29 is 24.4 Å². The summed E-state index contributed by atoms with van der Waals surface area (Å²) in [5, 5.41) is 22.5. The highest BCUT2D eigenvalue weighted by atomic mass is 16.6. The molecule has 0 saturated heterocycles. The second-order valence-corrected chi connectivity index (χ2v) is 4.79. The molecule has 0 aliphatic heterocycles. The SMILES string of the molecule is CC(Oc1ccc(C(=O)O)cc1[N+](=O)[O-])C(=O)NC1CC1. The van der Waals surface area contributed by atoms with Gasteiger partial charge in [0.2, 0.25) is 0 Å². The Labute approximate surface area is 119 Å². The maximum atomic E-state index is 11.8. The monoisotopic (exact) mass is 294 g/mol. The van der Waals surface area contributed by atoms with Gasteiger partial charge < -0.3 is 15.2 Å². The van der Waals surface area contributed by atoms with Gasteiger partial charge in [0.15, 0.2) is 11.9 Å². The Morgan fingerprint density at radius 1 is 1.48 bits per heavy atom. The van der Waals surface area contributed by atoms with Crippen LogP contribution in [-0.2, 0) is 4.79 Å². The fourth-order valence-electron chi connectivity index (χ4n) is 1.68. The van der Waals surface area contributed by atoms with E-state index in [-0.39, 0.29) is 23.3 Å². The van der Waals surface area contributed by atoms with E-state index in [0.717, 1.165) is 18.9 Å². The van der Waals surface area contributed by atoms with Gasteiger partial charge in [0.05, 0.1) is 10.5 Å². The van der Waals surface area contributed by atoms with Crippen LogP contribution in [0.5, 0.6) is 5.75 Å². The number of carbonyl (C=O) groups excluding carboxylic acids is 1. The van der Waals surface area contributed by atoms with Crippen molar-refractivity contribution >= 4 is 17.6 Å². The predicted molar refractivity (Wildman–Crippen MR) is 71.3 cm³/mol. The van der Waals surface area contributed by atoms with Crippen molar-refractivity contribution in [1.82, 2.24) is 5.32 Å². The van der Waals surface area contributed by atoms with Crippen molar-refractivity contribution in [2.45, 2.75) is 31.9 Å². The lowest BCUT2D eigenvalue weighted by Gasteiger charge is -2.14. The number of hydrogen-bond donors (Lipinski definition) is 2. The molecule has 112 valence electrons. The average molecular weight is 294 g/mol. The molecule has 2 N–H and O–H groups in total. The fourth-order valence-corrected chi connectivity index (χ4v) is 1.68. The molecular weight excluding hydrogens is 280 g/mol. The van der Waals surface area contributed by atoms with Crippen LogP contribution in [0.4, 0.5) is 5.69 Å². The molecule has 1 unspecified atom stereocenters. The molecular formula is C13H14N2O6. The van der Waals surface area contributed by atoms with Crippen LogP contribution in [0, 0.1) is 10.1 Å². The Morgan fingerprint density at radius 2 is 2.14 bits per heavy atom. The lowest BCUT2D eigenvalue weighted by molar-refractivity contribution is -0.386. The van der Waals surface area contributed by atoms with Crippen LogP contribution in [0.25, 0.3) is 0 Å². The van der Waals surface area contributed by atoms with Crippen LogP contribution in [0.3, 0.4) is 0 Å². The molecule has 0 aromatic heterocycles. The Bertz CT molecular complexity index is 596. The third-order valence-corrected chi connectivity index (χ3v) is 3.00. The van der Waals surface area contributed by atoms with Gasteiger partial charge in [-0.2, -0.15) is 0 Å².